The second-order valence-corrected chi connectivity index (χ2v) is 7.58. The van der Waals surface area contributed by atoms with Gasteiger partial charge in [0.25, 0.3) is 0 Å². The molecule has 0 fully saturated rings. The van der Waals surface area contributed by atoms with Crippen molar-refractivity contribution in [3.63, 3.8) is 0 Å². The smallest absolute Gasteiger partial charge is 0.407 e. The number of rotatable bonds is 20. The van der Waals surface area contributed by atoms with Crippen LogP contribution in [-0.2, 0) is 33.2 Å². The molecule has 29 heavy (non-hydrogen) atoms. The van der Waals surface area contributed by atoms with Gasteiger partial charge in [0.2, 0.25) is 0 Å². The average Bonchev–Trinajstić information content (AvgIpc) is 2.65. The third kappa shape index (κ3) is 25.5. The molecule has 0 aromatic carbocycles. The highest BCUT2D eigenvalue weighted by Crippen LogP contribution is 2.05. The minimum absolute atomic E-state index is 0.397. The van der Waals surface area contributed by atoms with E-state index in [1.165, 1.54) is 0 Å². The Labute approximate surface area is 183 Å². The lowest BCUT2D eigenvalue weighted by Gasteiger charge is -2.19. The van der Waals surface area contributed by atoms with E-state index in [1.807, 2.05) is 20.8 Å². The minimum Gasteiger partial charge on any atom is -0.444 e. The fraction of sp³-hybridized carbons (Fsp3) is 0.947. The van der Waals surface area contributed by atoms with Crippen molar-refractivity contribution in [3.05, 3.63) is 0 Å². The molecule has 0 aliphatic rings. The third-order valence-corrected chi connectivity index (χ3v) is 3.32. The molecule has 0 aliphatic heterocycles. The van der Waals surface area contributed by atoms with Crippen LogP contribution in [0, 0.1) is 0 Å². The monoisotopic (exact) mass is 487 g/mol. The number of carbonyl (C=O) groups excluding carboxylic acids is 1. The summed E-state index contributed by atoms with van der Waals surface area (Å²) in [7, 11) is 0. The number of alkyl halides is 1. The first-order valence-electron chi connectivity index (χ1n) is 9.95. The molecular formula is C19H38BrNO8. The van der Waals surface area contributed by atoms with Crippen molar-refractivity contribution in [2.24, 2.45) is 0 Å². The number of amides is 1. The number of hydrogen-bond donors (Lipinski definition) is 1. The van der Waals surface area contributed by atoms with Crippen molar-refractivity contribution < 1.29 is 38.0 Å². The van der Waals surface area contributed by atoms with E-state index >= 15 is 0 Å². The molecule has 1 amide bonds. The van der Waals surface area contributed by atoms with Crippen LogP contribution in [0.15, 0.2) is 0 Å². The summed E-state index contributed by atoms with van der Waals surface area (Å²) in [5, 5.41) is 3.46. The minimum atomic E-state index is -0.496. The van der Waals surface area contributed by atoms with Gasteiger partial charge in [-0.3, -0.25) is 0 Å². The Hall–Kier alpha value is -0.490. The molecule has 0 saturated carbocycles. The van der Waals surface area contributed by atoms with Gasteiger partial charge in [-0.05, 0) is 20.8 Å². The molecule has 0 aromatic rings. The first-order chi connectivity index (χ1) is 14.0. The largest absolute Gasteiger partial charge is 0.444 e. The summed E-state index contributed by atoms with van der Waals surface area (Å²) in [6.45, 7) is 12.2. The van der Waals surface area contributed by atoms with Gasteiger partial charge < -0.3 is 38.5 Å². The molecule has 0 radical (unpaired) electrons. The summed E-state index contributed by atoms with van der Waals surface area (Å²) >= 11 is 3.29. The van der Waals surface area contributed by atoms with E-state index in [9.17, 15) is 4.79 Å². The Bertz CT molecular complexity index is 369. The van der Waals surface area contributed by atoms with Crippen molar-refractivity contribution in [1.82, 2.24) is 5.32 Å². The predicted molar refractivity (Wildman–Crippen MR) is 113 cm³/mol. The van der Waals surface area contributed by atoms with Gasteiger partial charge in [0, 0.05) is 11.9 Å². The van der Waals surface area contributed by atoms with Crippen LogP contribution in [0.25, 0.3) is 0 Å². The summed E-state index contributed by atoms with van der Waals surface area (Å²) < 4.78 is 37.3. The van der Waals surface area contributed by atoms with Gasteiger partial charge in [-0.1, -0.05) is 15.9 Å². The lowest BCUT2D eigenvalue weighted by Crippen LogP contribution is -2.34. The number of alkyl carbamates (subject to hydrolysis) is 1. The highest BCUT2D eigenvalue weighted by atomic mass is 79.9. The lowest BCUT2D eigenvalue weighted by molar-refractivity contribution is -0.0160. The van der Waals surface area contributed by atoms with Crippen LogP contribution >= 0.6 is 15.9 Å². The predicted octanol–water partition coefficient (Wildman–Crippen LogP) is 2.01. The summed E-state index contributed by atoms with van der Waals surface area (Å²) in [6, 6.07) is 0. The summed E-state index contributed by atoms with van der Waals surface area (Å²) in [6.07, 6.45) is -0.443. The molecule has 0 aromatic heterocycles. The quantitative estimate of drug-likeness (QED) is 0.206. The SMILES string of the molecule is CC(C)(C)OC(=O)NCCOCCOCCOCCOCCOCCOCCBr. The second kappa shape index (κ2) is 20.8. The van der Waals surface area contributed by atoms with Crippen LogP contribution in [0.2, 0.25) is 0 Å². The fourth-order valence-corrected chi connectivity index (χ4v) is 2.02. The fourth-order valence-electron chi connectivity index (χ4n) is 1.80. The van der Waals surface area contributed by atoms with E-state index in [0.717, 1.165) is 5.33 Å². The number of nitrogens with one attached hydrogen (secondary N) is 1. The Morgan fingerprint density at radius 1 is 0.655 bits per heavy atom. The Balaban J connectivity index is 3.11. The maximum atomic E-state index is 11.4. The first kappa shape index (κ1) is 28.5. The topological polar surface area (TPSA) is 93.7 Å². The average molecular weight is 488 g/mol. The van der Waals surface area contributed by atoms with E-state index in [4.69, 9.17) is 33.2 Å². The molecule has 0 unspecified atom stereocenters. The van der Waals surface area contributed by atoms with Crippen LogP contribution < -0.4 is 5.32 Å². The van der Waals surface area contributed by atoms with Crippen LogP contribution in [0.1, 0.15) is 20.8 Å². The molecule has 0 saturated heterocycles. The molecule has 0 heterocycles. The lowest BCUT2D eigenvalue weighted by atomic mass is 10.2. The molecule has 0 aliphatic carbocycles. The number of ether oxygens (including phenoxy) is 7. The van der Waals surface area contributed by atoms with E-state index in [0.29, 0.717) is 85.8 Å². The Morgan fingerprint density at radius 3 is 1.34 bits per heavy atom. The van der Waals surface area contributed by atoms with Gasteiger partial charge in [-0.25, -0.2) is 4.79 Å². The van der Waals surface area contributed by atoms with E-state index in [1.54, 1.807) is 0 Å². The molecule has 0 atom stereocenters. The van der Waals surface area contributed by atoms with Crippen molar-refractivity contribution >= 4 is 22.0 Å². The Kier molecular flexibility index (Phi) is 20.4. The van der Waals surface area contributed by atoms with Crippen molar-refractivity contribution in [2.45, 2.75) is 26.4 Å². The summed E-state index contributed by atoms with van der Waals surface area (Å²) in [4.78, 5) is 11.4. The van der Waals surface area contributed by atoms with Crippen molar-refractivity contribution in [1.29, 1.82) is 0 Å². The normalized spacial score (nSPS) is 11.6. The molecule has 0 rings (SSSR count). The van der Waals surface area contributed by atoms with E-state index in [-0.39, 0.29) is 0 Å². The molecule has 174 valence electrons. The van der Waals surface area contributed by atoms with Gasteiger partial charge in [-0.15, -0.1) is 0 Å². The molecular weight excluding hydrogens is 450 g/mol. The maximum Gasteiger partial charge on any atom is 0.407 e. The molecule has 1 N–H and O–H groups in total. The third-order valence-electron chi connectivity index (χ3n) is 3.00. The zero-order valence-electron chi connectivity index (χ0n) is 18.0. The zero-order chi connectivity index (χ0) is 21.6. The highest BCUT2D eigenvalue weighted by Gasteiger charge is 2.15. The van der Waals surface area contributed by atoms with E-state index in [2.05, 4.69) is 21.2 Å². The summed E-state index contributed by atoms with van der Waals surface area (Å²) in [5.74, 6) is 0. The van der Waals surface area contributed by atoms with Crippen LogP contribution in [-0.4, -0.2) is 103 Å². The van der Waals surface area contributed by atoms with Crippen LogP contribution in [0.4, 0.5) is 4.79 Å². The summed E-state index contributed by atoms with van der Waals surface area (Å²) in [5.41, 5.74) is -0.496. The van der Waals surface area contributed by atoms with Gasteiger partial charge in [-0.2, -0.15) is 0 Å². The molecule has 0 bridgehead atoms. The van der Waals surface area contributed by atoms with Crippen molar-refractivity contribution in [3.8, 4) is 0 Å². The molecule has 0 spiro atoms. The first-order valence-corrected chi connectivity index (χ1v) is 11.1. The van der Waals surface area contributed by atoms with Crippen LogP contribution in [0.5, 0.6) is 0 Å². The van der Waals surface area contributed by atoms with Crippen LogP contribution in [0.3, 0.4) is 0 Å². The number of carbonyl (C=O) groups is 1. The number of hydrogen-bond acceptors (Lipinski definition) is 8. The number of halogens is 1. The van der Waals surface area contributed by atoms with Gasteiger partial charge >= 0.3 is 6.09 Å². The van der Waals surface area contributed by atoms with E-state index < -0.39 is 11.7 Å². The standard InChI is InChI=1S/C19H38BrNO8/c1-19(2,3)29-18(22)21-5-7-24-9-11-26-13-15-28-17-16-27-14-12-25-10-8-23-6-4-20/h4-17H2,1-3H3,(H,21,22). The van der Waals surface area contributed by atoms with Gasteiger partial charge in [0.1, 0.15) is 5.60 Å². The molecule has 9 nitrogen and oxygen atoms in total. The van der Waals surface area contributed by atoms with Crippen molar-refractivity contribution in [2.75, 3.05) is 91.2 Å². The Morgan fingerprint density at radius 2 is 1.00 bits per heavy atom. The maximum absolute atomic E-state index is 11.4. The van der Waals surface area contributed by atoms with Gasteiger partial charge in [0.15, 0.2) is 0 Å². The molecule has 10 heteroatoms. The highest BCUT2D eigenvalue weighted by molar-refractivity contribution is 9.09. The zero-order valence-corrected chi connectivity index (χ0v) is 19.6. The second-order valence-electron chi connectivity index (χ2n) is 6.79. The van der Waals surface area contributed by atoms with Gasteiger partial charge in [0.05, 0.1) is 79.3 Å².